The number of hydrogen-bond donors (Lipinski definition) is 1. The molecule has 0 aromatic carbocycles. The van der Waals surface area contributed by atoms with Gasteiger partial charge in [0.1, 0.15) is 5.78 Å². The number of carbonyl (C=O) groups excluding carboxylic acids is 2. The summed E-state index contributed by atoms with van der Waals surface area (Å²) in [7, 11) is 0. The van der Waals surface area contributed by atoms with Gasteiger partial charge in [-0.15, -0.1) is 11.6 Å². The van der Waals surface area contributed by atoms with Gasteiger partial charge in [0.2, 0.25) is 0 Å². The maximum absolute atomic E-state index is 12.7. The molecule has 106 valence electrons. The van der Waals surface area contributed by atoms with E-state index in [1.165, 1.54) is 0 Å². The van der Waals surface area contributed by atoms with Gasteiger partial charge in [0.15, 0.2) is 0 Å². The molecule has 1 atom stereocenters. The molecule has 0 radical (unpaired) electrons. The van der Waals surface area contributed by atoms with Crippen molar-refractivity contribution in [3.8, 4) is 0 Å². The van der Waals surface area contributed by atoms with Crippen LogP contribution in [-0.2, 0) is 9.59 Å². The van der Waals surface area contributed by atoms with Crippen LogP contribution in [0.3, 0.4) is 0 Å². The van der Waals surface area contributed by atoms with Crippen LogP contribution in [0.4, 0.5) is 17.6 Å². The Labute approximate surface area is 107 Å². The van der Waals surface area contributed by atoms with Crippen molar-refractivity contribution in [1.29, 1.82) is 0 Å². The van der Waals surface area contributed by atoms with E-state index in [2.05, 4.69) is 0 Å². The molecule has 0 saturated carbocycles. The van der Waals surface area contributed by atoms with Crippen LogP contribution in [-0.4, -0.2) is 36.0 Å². The molecule has 1 amide bonds. The summed E-state index contributed by atoms with van der Waals surface area (Å²) in [6.07, 6.45) is -4.36. The van der Waals surface area contributed by atoms with Crippen molar-refractivity contribution in [2.24, 2.45) is 5.92 Å². The second-order valence-corrected chi connectivity index (χ2v) is 4.39. The van der Waals surface area contributed by atoms with E-state index < -0.39 is 30.1 Å². The number of nitrogens with one attached hydrogen (secondary N) is 1. The van der Waals surface area contributed by atoms with Gasteiger partial charge in [0.25, 0.3) is 5.91 Å². The predicted molar refractivity (Wildman–Crippen MR) is 58.1 cm³/mol. The van der Waals surface area contributed by atoms with Crippen LogP contribution in [0, 0.1) is 5.92 Å². The Bertz CT molecular complexity index is 310. The SMILES string of the molecule is CC(C)C(CC(=O)CCl)NC(=O)C(F)(F)C(F)F. The Morgan fingerprint density at radius 1 is 1.28 bits per heavy atom. The third kappa shape index (κ3) is 4.80. The highest BCUT2D eigenvalue weighted by Gasteiger charge is 2.49. The van der Waals surface area contributed by atoms with E-state index in [0.717, 1.165) is 0 Å². The second kappa shape index (κ2) is 6.92. The van der Waals surface area contributed by atoms with Gasteiger partial charge in [0.05, 0.1) is 5.88 Å². The zero-order chi connectivity index (χ0) is 14.5. The zero-order valence-electron chi connectivity index (χ0n) is 9.85. The number of carbonyl (C=O) groups is 2. The normalized spacial score (nSPS) is 13.8. The lowest BCUT2D eigenvalue weighted by molar-refractivity contribution is -0.170. The van der Waals surface area contributed by atoms with Gasteiger partial charge in [0, 0.05) is 12.5 Å². The van der Waals surface area contributed by atoms with Crippen LogP contribution in [0.15, 0.2) is 0 Å². The summed E-state index contributed by atoms with van der Waals surface area (Å²) in [5, 5.41) is 1.75. The largest absolute Gasteiger partial charge is 0.383 e. The number of hydrogen-bond acceptors (Lipinski definition) is 2. The first-order valence-corrected chi connectivity index (χ1v) is 5.71. The molecule has 0 aromatic heterocycles. The minimum atomic E-state index is -4.77. The van der Waals surface area contributed by atoms with Crippen molar-refractivity contribution in [2.75, 3.05) is 5.88 Å². The Hall–Kier alpha value is -0.850. The van der Waals surface area contributed by atoms with Crippen molar-refractivity contribution >= 4 is 23.3 Å². The van der Waals surface area contributed by atoms with Crippen LogP contribution in [0.25, 0.3) is 0 Å². The number of alkyl halides is 5. The molecule has 0 aliphatic rings. The molecule has 18 heavy (non-hydrogen) atoms. The van der Waals surface area contributed by atoms with Gasteiger partial charge < -0.3 is 5.32 Å². The predicted octanol–water partition coefficient (Wildman–Crippen LogP) is 2.23. The summed E-state index contributed by atoms with van der Waals surface area (Å²) < 4.78 is 49.3. The van der Waals surface area contributed by atoms with Crippen LogP contribution in [0.2, 0.25) is 0 Å². The number of halogens is 5. The van der Waals surface area contributed by atoms with Crippen molar-refractivity contribution < 1.29 is 27.2 Å². The lowest BCUT2D eigenvalue weighted by atomic mass is 9.98. The van der Waals surface area contributed by atoms with Gasteiger partial charge in [-0.05, 0) is 5.92 Å². The molecule has 8 heteroatoms. The molecule has 1 N–H and O–H groups in total. The zero-order valence-corrected chi connectivity index (χ0v) is 10.6. The summed E-state index contributed by atoms with van der Waals surface area (Å²) in [6, 6.07) is -0.951. The maximum Gasteiger partial charge on any atom is 0.383 e. The van der Waals surface area contributed by atoms with E-state index in [1.54, 1.807) is 19.2 Å². The second-order valence-electron chi connectivity index (χ2n) is 4.12. The third-order valence-corrected chi connectivity index (χ3v) is 2.59. The average Bonchev–Trinajstić information content (AvgIpc) is 2.27. The van der Waals surface area contributed by atoms with Crippen LogP contribution < -0.4 is 5.32 Å². The average molecular weight is 292 g/mol. The molecule has 0 aliphatic carbocycles. The van der Waals surface area contributed by atoms with E-state index in [1.807, 2.05) is 0 Å². The van der Waals surface area contributed by atoms with Gasteiger partial charge in [-0.2, -0.15) is 8.78 Å². The van der Waals surface area contributed by atoms with Crippen LogP contribution in [0.5, 0.6) is 0 Å². The summed E-state index contributed by atoms with van der Waals surface area (Å²) in [6.45, 7) is 3.12. The first-order chi connectivity index (χ1) is 8.12. The standard InChI is InChI=1S/C10H14ClF4NO2/c1-5(2)7(3-6(17)4-11)16-9(18)10(14,15)8(12)13/h5,7-8H,3-4H2,1-2H3,(H,16,18). The molecule has 0 saturated heterocycles. The van der Waals surface area contributed by atoms with E-state index >= 15 is 0 Å². The summed E-state index contributed by atoms with van der Waals surface area (Å²) in [5.74, 6) is -8.01. The first-order valence-electron chi connectivity index (χ1n) is 5.17. The molecule has 0 rings (SSSR count). The van der Waals surface area contributed by atoms with E-state index in [9.17, 15) is 27.2 Å². The lowest BCUT2D eigenvalue weighted by Gasteiger charge is -2.24. The lowest BCUT2D eigenvalue weighted by Crippen LogP contribution is -2.51. The minimum absolute atomic E-state index is 0.272. The van der Waals surface area contributed by atoms with E-state index in [-0.39, 0.29) is 18.2 Å². The Kier molecular flexibility index (Phi) is 6.59. The molecule has 0 spiro atoms. The number of Topliss-reactive ketones (excluding diaryl/α,β-unsaturated/α-hetero) is 1. The molecule has 0 bridgehead atoms. The smallest absolute Gasteiger partial charge is 0.347 e. The molecule has 0 aromatic rings. The quantitative estimate of drug-likeness (QED) is 0.577. The molecular weight excluding hydrogens is 278 g/mol. The summed E-state index contributed by atoms with van der Waals surface area (Å²) in [4.78, 5) is 22.1. The van der Waals surface area contributed by atoms with Crippen molar-refractivity contribution in [1.82, 2.24) is 5.32 Å². The molecule has 1 unspecified atom stereocenters. The Morgan fingerprint density at radius 2 is 1.78 bits per heavy atom. The number of ketones is 1. The molecule has 0 heterocycles. The van der Waals surface area contributed by atoms with Crippen molar-refractivity contribution in [3.05, 3.63) is 0 Å². The summed E-state index contributed by atoms with van der Waals surface area (Å²) in [5.41, 5.74) is 0. The van der Waals surface area contributed by atoms with E-state index in [0.29, 0.717) is 0 Å². The van der Waals surface area contributed by atoms with Crippen LogP contribution >= 0.6 is 11.6 Å². The highest BCUT2D eigenvalue weighted by atomic mass is 35.5. The number of rotatable bonds is 7. The third-order valence-electron chi connectivity index (χ3n) is 2.29. The topological polar surface area (TPSA) is 46.2 Å². The maximum atomic E-state index is 12.7. The fourth-order valence-corrected chi connectivity index (χ4v) is 1.23. The van der Waals surface area contributed by atoms with Crippen molar-refractivity contribution in [2.45, 2.75) is 38.7 Å². The number of amides is 1. The molecular formula is C10H14ClF4NO2. The van der Waals surface area contributed by atoms with Gasteiger partial charge >= 0.3 is 12.3 Å². The fraction of sp³-hybridized carbons (Fsp3) is 0.800. The molecule has 0 aliphatic heterocycles. The van der Waals surface area contributed by atoms with Gasteiger partial charge in [-0.1, -0.05) is 13.8 Å². The molecule has 3 nitrogen and oxygen atoms in total. The highest BCUT2D eigenvalue weighted by molar-refractivity contribution is 6.27. The Balaban J connectivity index is 4.70. The fourth-order valence-electron chi connectivity index (χ4n) is 1.12. The minimum Gasteiger partial charge on any atom is -0.347 e. The van der Waals surface area contributed by atoms with Gasteiger partial charge in [-0.3, -0.25) is 9.59 Å². The monoisotopic (exact) mass is 291 g/mol. The highest BCUT2D eigenvalue weighted by Crippen LogP contribution is 2.23. The first kappa shape index (κ1) is 17.2. The van der Waals surface area contributed by atoms with Gasteiger partial charge in [-0.25, -0.2) is 8.78 Å². The Morgan fingerprint density at radius 3 is 2.11 bits per heavy atom. The van der Waals surface area contributed by atoms with Crippen LogP contribution in [0.1, 0.15) is 20.3 Å². The van der Waals surface area contributed by atoms with E-state index in [4.69, 9.17) is 11.6 Å². The molecule has 0 fully saturated rings. The van der Waals surface area contributed by atoms with Crippen molar-refractivity contribution in [3.63, 3.8) is 0 Å². The summed E-state index contributed by atoms with van der Waals surface area (Å²) >= 11 is 5.25.